The van der Waals surface area contributed by atoms with E-state index in [1.807, 2.05) is 0 Å². The minimum absolute atomic E-state index is 0. The minimum Gasteiger partial charge on any atom is -0.321 e. The van der Waals surface area contributed by atoms with Gasteiger partial charge in [-0.3, -0.25) is 4.79 Å². The van der Waals surface area contributed by atoms with Crippen LogP contribution in [0.1, 0.15) is 22.8 Å². The average molecular weight is 218 g/mol. The van der Waals surface area contributed by atoms with Gasteiger partial charge in [0.15, 0.2) is 5.78 Å². The second kappa shape index (κ2) is 5.73. The van der Waals surface area contributed by atoms with Crippen LogP contribution in [0.3, 0.4) is 0 Å². The molecule has 4 heteroatoms. The van der Waals surface area contributed by atoms with Gasteiger partial charge in [-0.25, -0.2) is 4.39 Å². The third-order valence-corrected chi connectivity index (χ3v) is 1.84. The van der Waals surface area contributed by atoms with Gasteiger partial charge in [0.1, 0.15) is 6.67 Å². The molecule has 1 rings (SSSR count). The summed E-state index contributed by atoms with van der Waals surface area (Å²) in [6, 6.07) is 6.02. The first-order chi connectivity index (χ1) is 6.16. The van der Waals surface area contributed by atoms with Gasteiger partial charge in [-0.05, 0) is 12.5 Å². The molecule has 2 nitrogen and oxygen atoms in total. The van der Waals surface area contributed by atoms with Crippen LogP contribution in [0, 0.1) is 0 Å². The Morgan fingerprint density at radius 1 is 1.50 bits per heavy atom. The molecular weight excluding hydrogens is 205 g/mol. The SMILES string of the molecule is C[C@H](N)C(=O)c1ccccc1CF.Cl. The first kappa shape index (κ1) is 13.1. The Kier molecular flexibility index (Phi) is 5.35. The highest BCUT2D eigenvalue weighted by Crippen LogP contribution is 2.11. The largest absolute Gasteiger partial charge is 0.321 e. The Balaban J connectivity index is 0.00000169. The molecule has 1 aromatic rings. The molecule has 78 valence electrons. The summed E-state index contributed by atoms with van der Waals surface area (Å²) in [5.74, 6) is -0.215. The first-order valence-corrected chi connectivity index (χ1v) is 4.10. The van der Waals surface area contributed by atoms with Crippen molar-refractivity contribution in [1.82, 2.24) is 0 Å². The van der Waals surface area contributed by atoms with Gasteiger partial charge in [0.25, 0.3) is 0 Å². The lowest BCUT2D eigenvalue weighted by atomic mass is 10.0. The summed E-state index contributed by atoms with van der Waals surface area (Å²) in [5.41, 5.74) is 6.22. The molecule has 2 N–H and O–H groups in total. The summed E-state index contributed by atoms with van der Waals surface area (Å²) < 4.78 is 12.4. The molecule has 0 aromatic heterocycles. The zero-order valence-electron chi connectivity index (χ0n) is 7.87. The Bertz CT molecular complexity index is 315. The molecule has 1 aromatic carbocycles. The van der Waals surface area contributed by atoms with Crippen molar-refractivity contribution in [1.29, 1.82) is 0 Å². The van der Waals surface area contributed by atoms with E-state index in [0.717, 1.165) is 0 Å². The van der Waals surface area contributed by atoms with Crippen LogP contribution in [0.25, 0.3) is 0 Å². The van der Waals surface area contributed by atoms with Gasteiger partial charge < -0.3 is 5.73 Å². The van der Waals surface area contributed by atoms with E-state index in [2.05, 4.69) is 0 Å². The summed E-state index contributed by atoms with van der Waals surface area (Å²) in [4.78, 5) is 11.4. The van der Waals surface area contributed by atoms with Crippen molar-refractivity contribution in [2.24, 2.45) is 5.73 Å². The average Bonchev–Trinajstić information content (AvgIpc) is 2.16. The molecule has 0 radical (unpaired) electrons. The van der Waals surface area contributed by atoms with E-state index in [9.17, 15) is 9.18 Å². The lowest BCUT2D eigenvalue weighted by Gasteiger charge is -2.07. The van der Waals surface area contributed by atoms with Gasteiger partial charge in [0.2, 0.25) is 0 Å². The zero-order chi connectivity index (χ0) is 9.84. The molecule has 0 heterocycles. The smallest absolute Gasteiger partial charge is 0.179 e. The van der Waals surface area contributed by atoms with Crippen LogP contribution >= 0.6 is 12.4 Å². The van der Waals surface area contributed by atoms with Crippen LogP contribution in [0.2, 0.25) is 0 Å². The van der Waals surface area contributed by atoms with E-state index >= 15 is 0 Å². The van der Waals surface area contributed by atoms with Crippen LogP contribution in [0.4, 0.5) is 4.39 Å². The quantitative estimate of drug-likeness (QED) is 0.788. The molecule has 0 aliphatic heterocycles. The van der Waals surface area contributed by atoms with Crippen LogP contribution in [0.5, 0.6) is 0 Å². The molecule has 0 saturated heterocycles. The summed E-state index contributed by atoms with van der Waals surface area (Å²) in [6.45, 7) is 0.964. The number of nitrogens with two attached hydrogens (primary N) is 1. The fourth-order valence-electron chi connectivity index (χ4n) is 1.12. The maximum Gasteiger partial charge on any atom is 0.179 e. The maximum absolute atomic E-state index is 12.4. The number of rotatable bonds is 3. The number of alkyl halides is 1. The van der Waals surface area contributed by atoms with E-state index in [4.69, 9.17) is 5.73 Å². The highest BCUT2D eigenvalue weighted by Gasteiger charge is 2.13. The number of benzene rings is 1. The zero-order valence-corrected chi connectivity index (χ0v) is 8.68. The lowest BCUT2D eigenvalue weighted by molar-refractivity contribution is 0.0966. The van der Waals surface area contributed by atoms with Crippen LogP contribution in [-0.4, -0.2) is 11.8 Å². The Labute approximate surface area is 88.7 Å². The van der Waals surface area contributed by atoms with Crippen molar-refractivity contribution in [3.05, 3.63) is 35.4 Å². The van der Waals surface area contributed by atoms with Crippen LogP contribution in [0.15, 0.2) is 24.3 Å². The van der Waals surface area contributed by atoms with Gasteiger partial charge in [0.05, 0.1) is 6.04 Å². The third kappa shape index (κ3) is 2.79. The van der Waals surface area contributed by atoms with Gasteiger partial charge in [0, 0.05) is 5.56 Å². The summed E-state index contributed by atoms with van der Waals surface area (Å²) in [7, 11) is 0. The molecule has 0 aliphatic rings. The van der Waals surface area contributed by atoms with Gasteiger partial charge in [-0.1, -0.05) is 24.3 Å². The second-order valence-electron chi connectivity index (χ2n) is 2.94. The summed E-state index contributed by atoms with van der Waals surface area (Å²) >= 11 is 0. The first-order valence-electron chi connectivity index (χ1n) is 4.10. The van der Waals surface area contributed by atoms with Crippen molar-refractivity contribution in [2.45, 2.75) is 19.6 Å². The Morgan fingerprint density at radius 3 is 2.57 bits per heavy atom. The molecular formula is C10H13ClFNO. The van der Waals surface area contributed by atoms with E-state index in [-0.39, 0.29) is 18.2 Å². The molecule has 1 atom stereocenters. The van der Waals surface area contributed by atoms with Crippen molar-refractivity contribution in [3.8, 4) is 0 Å². The normalized spacial score (nSPS) is 11.6. The predicted octanol–water partition coefficient (Wildman–Crippen LogP) is 2.11. The van der Waals surface area contributed by atoms with E-state index in [0.29, 0.717) is 11.1 Å². The van der Waals surface area contributed by atoms with Crippen molar-refractivity contribution < 1.29 is 9.18 Å². The topological polar surface area (TPSA) is 43.1 Å². The number of hydrogen-bond donors (Lipinski definition) is 1. The number of halogens is 2. The van der Waals surface area contributed by atoms with Gasteiger partial charge in [-0.2, -0.15) is 0 Å². The molecule has 14 heavy (non-hydrogen) atoms. The number of Topliss-reactive ketones (excluding diaryl/α,β-unsaturated/α-hetero) is 1. The Morgan fingerprint density at radius 2 is 2.07 bits per heavy atom. The molecule has 0 bridgehead atoms. The number of ketones is 1. The minimum atomic E-state index is -0.630. The maximum atomic E-state index is 12.4. The summed E-state index contributed by atoms with van der Waals surface area (Å²) in [5, 5.41) is 0. The fourth-order valence-corrected chi connectivity index (χ4v) is 1.12. The third-order valence-electron chi connectivity index (χ3n) is 1.84. The van der Waals surface area contributed by atoms with E-state index in [1.54, 1.807) is 31.2 Å². The monoisotopic (exact) mass is 217 g/mol. The number of hydrogen-bond acceptors (Lipinski definition) is 2. The van der Waals surface area contributed by atoms with Gasteiger partial charge in [-0.15, -0.1) is 12.4 Å². The standard InChI is InChI=1S/C10H12FNO.ClH/c1-7(12)10(13)9-5-3-2-4-8(9)6-11;/h2-5,7H,6,12H2,1H3;1H/t7-;/m0./s1. The highest BCUT2D eigenvalue weighted by molar-refractivity contribution is 6.00. The fraction of sp³-hybridized carbons (Fsp3) is 0.300. The number of carbonyl (C=O) groups is 1. The lowest BCUT2D eigenvalue weighted by Crippen LogP contribution is -2.27. The van der Waals surface area contributed by atoms with Crippen LogP contribution < -0.4 is 5.73 Å². The van der Waals surface area contributed by atoms with Gasteiger partial charge >= 0.3 is 0 Å². The van der Waals surface area contributed by atoms with Crippen molar-refractivity contribution in [2.75, 3.05) is 0 Å². The predicted molar refractivity (Wildman–Crippen MR) is 56.5 cm³/mol. The summed E-state index contributed by atoms with van der Waals surface area (Å²) in [6.07, 6.45) is 0. The molecule has 0 saturated carbocycles. The highest BCUT2D eigenvalue weighted by atomic mass is 35.5. The second-order valence-corrected chi connectivity index (χ2v) is 2.94. The van der Waals surface area contributed by atoms with Crippen LogP contribution in [-0.2, 0) is 6.67 Å². The molecule has 0 spiro atoms. The molecule has 0 aliphatic carbocycles. The number of carbonyl (C=O) groups excluding carboxylic acids is 1. The van der Waals surface area contributed by atoms with Crippen molar-refractivity contribution >= 4 is 18.2 Å². The van der Waals surface area contributed by atoms with Crippen molar-refractivity contribution in [3.63, 3.8) is 0 Å². The molecule has 0 amide bonds. The van der Waals surface area contributed by atoms with E-state index < -0.39 is 12.7 Å². The molecule has 0 fully saturated rings. The Hall–Kier alpha value is -0.930. The molecule has 0 unspecified atom stereocenters. The van der Waals surface area contributed by atoms with E-state index in [1.165, 1.54) is 0 Å².